The highest BCUT2D eigenvalue weighted by Crippen LogP contribution is 2.19. The first-order valence-electron chi connectivity index (χ1n) is 7.26. The average Bonchev–Trinajstić information content (AvgIpc) is 3.17. The number of aryl methyl sites for hydroxylation is 1. The fourth-order valence-electron chi connectivity index (χ4n) is 2.33. The Labute approximate surface area is 133 Å². The van der Waals surface area contributed by atoms with E-state index in [1.807, 2.05) is 25.2 Å². The largest absolute Gasteiger partial charge is 0.342 e. The molecule has 0 saturated carbocycles. The maximum atomic E-state index is 12.3. The number of hydrogen-bond donors (Lipinski definition) is 1. The van der Waals surface area contributed by atoms with Crippen molar-refractivity contribution >= 4 is 11.6 Å². The number of carbonyl (C=O) groups is 1. The summed E-state index contributed by atoms with van der Waals surface area (Å²) in [4.78, 5) is 16.3. The Kier molecular flexibility index (Phi) is 3.92. The molecule has 0 radical (unpaired) electrons. The fraction of sp³-hybridized carbons (Fsp3) is 0.250. The molecule has 23 heavy (non-hydrogen) atoms. The van der Waals surface area contributed by atoms with Crippen LogP contribution in [-0.2, 0) is 7.05 Å². The topological polar surface area (TPSA) is 85.8 Å². The Morgan fingerprint density at radius 3 is 2.57 bits per heavy atom. The third-order valence-corrected chi connectivity index (χ3v) is 3.50. The van der Waals surface area contributed by atoms with E-state index in [1.54, 1.807) is 16.8 Å². The smallest absolute Gasteiger partial charge is 0.276 e. The van der Waals surface area contributed by atoms with Crippen LogP contribution in [0.4, 0.5) is 5.69 Å². The van der Waals surface area contributed by atoms with E-state index in [2.05, 4.69) is 34.4 Å². The molecule has 0 unspecified atom stereocenters. The Balaban J connectivity index is 1.74. The molecule has 118 valence electrons. The maximum Gasteiger partial charge on any atom is 0.276 e. The third kappa shape index (κ3) is 3.13. The van der Waals surface area contributed by atoms with E-state index < -0.39 is 0 Å². The van der Waals surface area contributed by atoms with Crippen LogP contribution in [0.15, 0.2) is 41.2 Å². The van der Waals surface area contributed by atoms with Crippen molar-refractivity contribution in [3.63, 3.8) is 0 Å². The van der Waals surface area contributed by atoms with Gasteiger partial charge in [-0.3, -0.25) is 9.48 Å². The normalized spacial score (nSPS) is 11.0. The van der Waals surface area contributed by atoms with E-state index in [1.165, 1.54) is 6.39 Å². The quantitative estimate of drug-likeness (QED) is 0.800. The molecule has 2 aromatic heterocycles. The second-order valence-electron chi connectivity index (χ2n) is 5.52. The number of nitrogens with zero attached hydrogens (tertiary/aromatic N) is 4. The molecule has 0 spiro atoms. The number of hydrogen-bond acceptors (Lipinski definition) is 5. The molecule has 0 aliphatic rings. The summed E-state index contributed by atoms with van der Waals surface area (Å²) in [7, 11) is 1.84. The number of rotatable bonds is 4. The Morgan fingerprint density at radius 2 is 2.00 bits per heavy atom. The van der Waals surface area contributed by atoms with E-state index in [4.69, 9.17) is 4.52 Å². The number of nitrogens with one attached hydrogen (secondary N) is 1. The van der Waals surface area contributed by atoms with Gasteiger partial charge in [0.25, 0.3) is 5.91 Å². The zero-order chi connectivity index (χ0) is 16.4. The fourth-order valence-corrected chi connectivity index (χ4v) is 2.33. The van der Waals surface area contributed by atoms with Crippen LogP contribution in [0, 0.1) is 0 Å². The van der Waals surface area contributed by atoms with Gasteiger partial charge in [-0.15, -0.1) is 0 Å². The van der Waals surface area contributed by atoms with E-state index >= 15 is 0 Å². The highest BCUT2D eigenvalue weighted by atomic mass is 16.5. The monoisotopic (exact) mass is 311 g/mol. The molecule has 1 N–H and O–H groups in total. The van der Waals surface area contributed by atoms with E-state index in [9.17, 15) is 4.79 Å². The number of anilines is 1. The summed E-state index contributed by atoms with van der Waals surface area (Å²) < 4.78 is 6.45. The average molecular weight is 311 g/mol. The Morgan fingerprint density at radius 1 is 1.26 bits per heavy atom. The number of benzene rings is 1. The van der Waals surface area contributed by atoms with Gasteiger partial charge in [-0.25, -0.2) is 0 Å². The Bertz CT molecular complexity index is 804. The minimum absolute atomic E-state index is 0.236. The number of carbonyl (C=O) groups excluding carboxylic acids is 1. The molecule has 7 heteroatoms. The summed E-state index contributed by atoms with van der Waals surface area (Å²) in [5.41, 5.74) is 2.91. The van der Waals surface area contributed by atoms with Crippen LogP contribution in [-0.4, -0.2) is 25.8 Å². The van der Waals surface area contributed by atoms with Crippen molar-refractivity contribution in [1.29, 1.82) is 0 Å². The molecule has 1 amide bonds. The zero-order valence-electron chi connectivity index (χ0n) is 13.1. The van der Waals surface area contributed by atoms with Crippen LogP contribution in [0.25, 0.3) is 11.4 Å². The van der Waals surface area contributed by atoms with Crippen LogP contribution in [0.5, 0.6) is 0 Å². The van der Waals surface area contributed by atoms with Gasteiger partial charge in [0.2, 0.25) is 12.2 Å². The molecule has 2 heterocycles. The van der Waals surface area contributed by atoms with Crippen molar-refractivity contribution in [3.05, 3.63) is 48.1 Å². The summed E-state index contributed by atoms with van der Waals surface area (Å²) >= 11 is 0. The summed E-state index contributed by atoms with van der Waals surface area (Å²) in [6.45, 7) is 4.13. The highest BCUT2D eigenvalue weighted by Gasteiger charge is 2.15. The summed E-state index contributed by atoms with van der Waals surface area (Å²) in [5.74, 6) is 0.581. The molecule has 0 aliphatic carbocycles. The molecule has 0 aliphatic heterocycles. The SMILES string of the molecule is CC(C)c1cc(C(=O)Nc2ccc(-c3ncon3)cc2)nn1C. The van der Waals surface area contributed by atoms with Gasteiger partial charge < -0.3 is 9.84 Å². The Hall–Kier alpha value is -2.96. The summed E-state index contributed by atoms with van der Waals surface area (Å²) in [6, 6.07) is 9.02. The molecular formula is C16H17N5O2. The predicted octanol–water partition coefficient (Wildman–Crippen LogP) is 2.85. The minimum Gasteiger partial charge on any atom is -0.342 e. The second kappa shape index (κ2) is 6.04. The standard InChI is InChI=1S/C16H17N5O2/c1-10(2)14-8-13(19-21(14)3)16(22)18-12-6-4-11(5-7-12)15-17-9-23-20-15/h4-10H,1-3H3,(H,18,22). The van der Waals surface area contributed by atoms with Gasteiger partial charge in [0.1, 0.15) is 0 Å². The molecule has 0 bridgehead atoms. The lowest BCUT2D eigenvalue weighted by atomic mass is 10.1. The first-order chi connectivity index (χ1) is 11.0. The number of aromatic nitrogens is 4. The van der Waals surface area contributed by atoms with Gasteiger partial charge in [0.05, 0.1) is 0 Å². The maximum absolute atomic E-state index is 12.3. The van der Waals surface area contributed by atoms with Gasteiger partial charge in [-0.1, -0.05) is 19.0 Å². The van der Waals surface area contributed by atoms with Crippen LogP contribution in [0.1, 0.15) is 35.9 Å². The van der Waals surface area contributed by atoms with Gasteiger partial charge in [0, 0.05) is 24.0 Å². The molecular weight excluding hydrogens is 294 g/mol. The van der Waals surface area contributed by atoms with Crippen molar-refractivity contribution in [3.8, 4) is 11.4 Å². The summed E-state index contributed by atoms with van der Waals surface area (Å²) in [6.07, 6.45) is 1.28. The van der Waals surface area contributed by atoms with Crippen molar-refractivity contribution in [1.82, 2.24) is 19.9 Å². The molecule has 0 fully saturated rings. The molecule has 0 atom stereocenters. The summed E-state index contributed by atoms with van der Waals surface area (Å²) in [5, 5.41) is 10.9. The van der Waals surface area contributed by atoms with Crippen LogP contribution in [0.2, 0.25) is 0 Å². The van der Waals surface area contributed by atoms with Crippen molar-refractivity contribution in [2.45, 2.75) is 19.8 Å². The lowest BCUT2D eigenvalue weighted by Gasteiger charge is -2.03. The molecule has 7 nitrogen and oxygen atoms in total. The van der Waals surface area contributed by atoms with Gasteiger partial charge in [-0.2, -0.15) is 10.1 Å². The highest BCUT2D eigenvalue weighted by molar-refractivity contribution is 6.03. The number of amides is 1. The molecule has 3 aromatic rings. The molecule has 3 rings (SSSR count). The van der Waals surface area contributed by atoms with E-state index in [0.29, 0.717) is 23.1 Å². The molecule has 1 aromatic carbocycles. The van der Waals surface area contributed by atoms with Gasteiger partial charge in [-0.05, 0) is 36.2 Å². The zero-order valence-corrected chi connectivity index (χ0v) is 13.1. The van der Waals surface area contributed by atoms with Crippen LogP contribution >= 0.6 is 0 Å². The second-order valence-corrected chi connectivity index (χ2v) is 5.52. The van der Waals surface area contributed by atoms with E-state index in [-0.39, 0.29) is 5.91 Å². The minimum atomic E-state index is -0.236. The first kappa shape index (κ1) is 15.0. The van der Waals surface area contributed by atoms with Crippen molar-refractivity contribution in [2.24, 2.45) is 7.05 Å². The predicted molar refractivity (Wildman–Crippen MR) is 85.0 cm³/mol. The lowest BCUT2D eigenvalue weighted by Crippen LogP contribution is -2.12. The molecule has 0 saturated heterocycles. The first-order valence-corrected chi connectivity index (χ1v) is 7.26. The van der Waals surface area contributed by atoms with Gasteiger partial charge >= 0.3 is 0 Å². The van der Waals surface area contributed by atoms with Crippen LogP contribution in [0.3, 0.4) is 0 Å². The van der Waals surface area contributed by atoms with Crippen LogP contribution < -0.4 is 5.32 Å². The van der Waals surface area contributed by atoms with Gasteiger partial charge in [0.15, 0.2) is 5.69 Å². The lowest BCUT2D eigenvalue weighted by molar-refractivity contribution is 0.102. The van der Waals surface area contributed by atoms with Crippen molar-refractivity contribution in [2.75, 3.05) is 5.32 Å². The third-order valence-electron chi connectivity index (χ3n) is 3.50. The van der Waals surface area contributed by atoms with Crippen molar-refractivity contribution < 1.29 is 9.32 Å². The van der Waals surface area contributed by atoms with E-state index in [0.717, 1.165) is 11.3 Å².